The third-order valence-electron chi connectivity index (χ3n) is 2.47. The molecule has 1 nitrogen and oxygen atoms in total. The summed E-state index contributed by atoms with van der Waals surface area (Å²) in [5.41, 5.74) is 1.95. The van der Waals surface area contributed by atoms with E-state index >= 15 is 0 Å². The summed E-state index contributed by atoms with van der Waals surface area (Å²) in [7, 11) is 0. The second kappa shape index (κ2) is 3.22. The fourth-order valence-electron chi connectivity index (χ4n) is 1.77. The number of carbonyl (C=O) groups excluding carboxylic acids is 1. The fourth-order valence-corrected chi connectivity index (χ4v) is 2.16. The van der Waals surface area contributed by atoms with Crippen LogP contribution >= 0.6 is 15.9 Å². The van der Waals surface area contributed by atoms with Gasteiger partial charge < -0.3 is 4.79 Å². The maximum atomic E-state index is 13.1. The van der Waals surface area contributed by atoms with E-state index in [1.165, 1.54) is 6.07 Å². The Balaban J connectivity index is 2.53. The van der Waals surface area contributed by atoms with Crippen molar-refractivity contribution in [3.8, 4) is 0 Å². The van der Waals surface area contributed by atoms with Crippen LogP contribution in [0.3, 0.4) is 0 Å². The standard InChI is InChI=1S/C10H8BrFO/c11-9-3-6-1-2-7(5-13)8(6)4-10(9)12/h3-5,7H,1-2H2. The Hall–Kier alpha value is -0.700. The first-order chi connectivity index (χ1) is 6.22. The number of aryl methyl sites for hydroxylation is 1. The van der Waals surface area contributed by atoms with E-state index in [-0.39, 0.29) is 11.7 Å². The monoisotopic (exact) mass is 242 g/mol. The van der Waals surface area contributed by atoms with E-state index in [1.807, 2.05) is 0 Å². The third kappa shape index (κ3) is 1.41. The SMILES string of the molecule is O=CC1CCc2cc(Br)c(F)cc21. The zero-order valence-electron chi connectivity index (χ0n) is 6.89. The van der Waals surface area contributed by atoms with Crippen LogP contribution < -0.4 is 0 Å². The summed E-state index contributed by atoms with van der Waals surface area (Å²) < 4.78 is 13.6. The van der Waals surface area contributed by atoms with Crippen molar-refractivity contribution in [1.82, 2.24) is 0 Å². The zero-order valence-corrected chi connectivity index (χ0v) is 8.47. The van der Waals surface area contributed by atoms with Crippen LogP contribution in [0.15, 0.2) is 16.6 Å². The molecule has 13 heavy (non-hydrogen) atoms. The Morgan fingerprint density at radius 1 is 1.54 bits per heavy atom. The van der Waals surface area contributed by atoms with Crippen LogP contribution in [0.5, 0.6) is 0 Å². The lowest BCUT2D eigenvalue weighted by Crippen LogP contribution is -1.95. The lowest BCUT2D eigenvalue weighted by molar-refractivity contribution is -0.109. The smallest absolute Gasteiger partial charge is 0.137 e. The van der Waals surface area contributed by atoms with Crippen LogP contribution in [0.1, 0.15) is 23.5 Å². The van der Waals surface area contributed by atoms with Gasteiger partial charge in [-0.3, -0.25) is 0 Å². The van der Waals surface area contributed by atoms with Gasteiger partial charge >= 0.3 is 0 Å². The van der Waals surface area contributed by atoms with E-state index in [4.69, 9.17) is 0 Å². The molecule has 0 amide bonds. The normalized spacial score (nSPS) is 20.0. The van der Waals surface area contributed by atoms with Gasteiger partial charge in [0.25, 0.3) is 0 Å². The van der Waals surface area contributed by atoms with E-state index in [1.54, 1.807) is 6.07 Å². The van der Waals surface area contributed by atoms with Crippen LogP contribution in [0.25, 0.3) is 0 Å². The highest BCUT2D eigenvalue weighted by Crippen LogP contribution is 2.34. The van der Waals surface area contributed by atoms with Crippen LogP contribution in [-0.4, -0.2) is 6.29 Å². The molecule has 1 aliphatic rings. The van der Waals surface area contributed by atoms with Crippen molar-refractivity contribution in [2.24, 2.45) is 0 Å². The van der Waals surface area contributed by atoms with Crippen LogP contribution in [0.4, 0.5) is 4.39 Å². The molecule has 0 bridgehead atoms. The number of carbonyl (C=O) groups is 1. The lowest BCUT2D eigenvalue weighted by atomic mass is 10.0. The quantitative estimate of drug-likeness (QED) is 0.693. The van der Waals surface area contributed by atoms with Gasteiger partial charge in [-0.25, -0.2) is 4.39 Å². The number of benzene rings is 1. The molecule has 1 atom stereocenters. The lowest BCUT2D eigenvalue weighted by Gasteiger charge is -2.04. The minimum Gasteiger partial charge on any atom is -0.303 e. The van der Waals surface area contributed by atoms with E-state index in [0.717, 1.165) is 30.3 Å². The number of aldehydes is 1. The van der Waals surface area contributed by atoms with Gasteiger partial charge in [0, 0.05) is 5.92 Å². The van der Waals surface area contributed by atoms with Gasteiger partial charge in [-0.2, -0.15) is 0 Å². The van der Waals surface area contributed by atoms with Crippen molar-refractivity contribution < 1.29 is 9.18 Å². The first-order valence-corrected chi connectivity index (χ1v) is 4.95. The minimum atomic E-state index is -0.285. The van der Waals surface area contributed by atoms with Crippen molar-refractivity contribution in [2.45, 2.75) is 18.8 Å². The van der Waals surface area contributed by atoms with Crippen LogP contribution in [0.2, 0.25) is 0 Å². The Labute approximate surface area is 84.1 Å². The fraction of sp³-hybridized carbons (Fsp3) is 0.300. The maximum Gasteiger partial charge on any atom is 0.137 e. The molecule has 0 spiro atoms. The van der Waals surface area contributed by atoms with Gasteiger partial charge in [0.05, 0.1) is 4.47 Å². The van der Waals surface area contributed by atoms with Crippen LogP contribution in [-0.2, 0) is 11.2 Å². The summed E-state index contributed by atoms with van der Waals surface area (Å²) in [6.07, 6.45) is 2.59. The summed E-state index contributed by atoms with van der Waals surface area (Å²) in [6, 6.07) is 3.24. The van der Waals surface area contributed by atoms with Gasteiger partial charge in [0.15, 0.2) is 0 Å². The highest BCUT2D eigenvalue weighted by molar-refractivity contribution is 9.10. The summed E-state index contributed by atoms with van der Waals surface area (Å²) in [5.74, 6) is -0.384. The van der Waals surface area contributed by atoms with Gasteiger partial charge in [0.1, 0.15) is 12.1 Å². The van der Waals surface area contributed by atoms with Crippen molar-refractivity contribution in [1.29, 1.82) is 0 Å². The number of halogens is 2. The highest BCUT2D eigenvalue weighted by atomic mass is 79.9. The van der Waals surface area contributed by atoms with Gasteiger partial charge in [-0.15, -0.1) is 0 Å². The number of hydrogen-bond donors (Lipinski definition) is 0. The average molecular weight is 243 g/mol. The molecule has 0 N–H and O–H groups in total. The topological polar surface area (TPSA) is 17.1 Å². The molecule has 0 saturated carbocycles. The molecule has 0 heterocycles. The Morgan fingerprint density at radius 3 is 3.00 bits per heavy atom. The number of fused-ring (bicyclic) bond motifs is 1. The molecular weight excluding hydrogens is 235 g/mol. The molecule has 0 aromatic heterocycles. The molecule has 1 aromatic rings. The second-order valence-electron chi connectivity index (χ2n) is 3.25. The predicted octanol–water partition coefficient (Wildman–Crippen LogP) is 2.82. The molecule has 0 saturated heterocycles. The van der Waals surface area contributed by atoms with E-state index in [0.29, 0.717) is 4.47 Å². The second-order valence-corrected chi connectivity index (χ2v) is 4.10. The maximum absolute atomic E-state index is 13.1. The van der Waals surface area contributed by atoms with Gasteiger partial charge in [-0.05, 0) is 52.0 Å². The van der Waals surface area contributed by atoms with E-state index in [9.17, 15) is 9.18 Å². The average Bonchev–Trinajstić information content (AvgIpc) is 2.48. The first-order valence-electron chi connectivity index (χ1n) is 4.15. The van der Waals surface area contributed by atoms with E-state index < -0.39 is 0 Å². The summed E-state index contributed by atoms with van der Waals surface area (Å²) in [5, 5.41) is 0. The van der Waals surface area contributed by atoms with E-state index in [2.05, 4.69) is 15.9 Å². The predicted molar refractivity (Wildman–Crippen MR) is 51.2 cm³/mol. The van der Waals surface area contributed by atoms with Crippen molar-refractivity contribution in [3.05, 3.63) is 33.5 Å². The van der Waals surface area contributed by atoms with Gasteiger partial charge in [-0.1, -0.05) is 0 Å². The van der Waals surface area contributed by atoms with Crippen LogP contribution in [0, 0.1) is 5.82 Å². The van der Waals surface area contributed by atoms with Crippen molar-refractivity contribution in [2.75, 3.05) is 0 Å². The molecule has 3 heteroatoms. The van der Waals surface area contributed by atoms with Gasteiger partial charge in [0.2, 0.25) is 0 Å². The molecule has 1 unspecified atom stereocenters. The minimum absolute atomic E-state index is 0.0994. The molecule has 1 aromatic carbocycles. The number of hydrogen-bond acceptors (Lipinski definition) is 1. The molecule has 0 fully saturated rings. The zero-order chi connectivity index (χ0) is 9.42. The highest BCUT2D eigenvalue weighted by Gasteiger charge is 2.23. The summed E-state index contributed by atoms with van der Waals surface area (Å²) in [6.45, 7) is 0. The Morgan fingerprint density at radius 2 is 2.31 bits per heavy atom. The number of rotatable bonds is 1. The molecule has 0 aliphatic heterocycles. The van der Waals surface area contributed by atoms with Crippen molar-refractivity contribution >= 4 is 22.2 Å². The first kappa shape index (κ1) is 8.88. The Kier molecular flexibility index (Phi) is 2.20. The third-order valence-corrected chi connectivity index (χ3v) is 3.08. The molecule has 0 radical (unpaired) electrons. The summed E-state index contributed by atoms with van der Waals surface area (Å²) in [4.78, 5) is 10.6. The largest absolute Gasteiger partial charge is 0.303 e. The van der Waals surface area contributed by atoms with Crippen molar-refractivity contribution in [3.63, 3.8) is 0 Å². The molecule has 68 valence electrons. The Bertz CT molecular complexity index is 362. The molecule has 1 aliphatic carbocycles. The molecular formula is C10H8BrFO. The summed E-state index contributed by atoms with van der Waals surface area (Å²) >= 11 is 3.13. The molecule has 2 rings (SSSR count).